The SMILES string of the molecule is CC(C)(C)c1cc(N=NC(=O)c2ccco2)cc(C(C)(C)C)c1O. The van der Waals surface area contributed by atoms with Gasteiger partial charge in [0.1, 0.15) is 5.75 Å². The van der Waals surface area contributed by atoms with Gasteiger partial charge in [0, 0.05) is 11.1 Å². The van der Waals surface area contributed by atoms with E-state index < -0.39 is 5.91 Å². The van der Waals surface area contributed by atoms with Gasteiger partial charge in [-0.2, -0.15) is 0 Å². The van der Waals surface area contributed by atoms with Gasteiger partial charge in [0.15, 0.2) is 5.76 Å². The molecule has 0 aliphatic heterocycles. The van der Waals surface area contributed by atoms with Crippen molar-refractivity contribution in [3.63, 3.8) is 0 Å². The smallest absolute Gasteiger partial charge is 0.331 e. The fraction of sp³-hybridized carbons (Fsp3) is 0.421. The molecule has 0 radical (unpaired) electrons. The summed E-state index contributed by atoms with van der Waals surface area (Å²) in [6.07, 6.45) is 1.42. The summed E-state index contributed by atoms with van der Waals surface area (Å²) in [5.41, 5.74) is 1.55. The summed E-state index contributed by atoms with van der Waals surface area (Å²) in [6.45, 7) is 12.1. The van der Waals surface area contributed by atoms with Crippen molar-refractivity contribution in [3.8, 4) is 5.75 Å². The van der Waals surface area contributed by atoms with Gasteiger partial charge in [-0.25, -0.2) is 0 Å². The number of hydrogen-bond donors (Lipinski definition) is 1. The first kappa shape index (κ1) is 17.9. The predicted molar refractivity (Wildman–Crippen MR) is 93.1 cm³/mol. The number of aromatic hydroxyl groups is 1. The van der Waals surface area contributed by atoms with Crippen LogP contribution in [0.5, 0.6) is 5.75 Å². The second-order valence-corrected chi connectivity index (χ2v) is 7.87. The monoisotopic (exact) mass is 328 g/mol. The predicted octanol–water partition coefficient (Wildman–Crippen LogP) is 5.50. The number of nitrogens with zero attached hydrogens (tertiary/aromatic N) is 2. The zero-order valence-electron chi connectivity index (χ0n) is 15.0. The minimum absolute atomic E-state index is 0.143. The van der Waals surface area contributed by atoms with Crippen molar-refractivity contribution < 1.29 is 14.3 Å². The van der Waals surface area contributed by atoms with E-state index >= 15 is 0 Å². The summed E-state index contributed by atoms with van der Waals surface area (Å²) < 4.78 is 5.02. The highest BCUT2D eigenvalue weighted by molar-refractivity contribution is 5.91. The molecule has 2 rings (SSSR count). The fourth-order valence-corrected chi connectivity index (χ4v) is 2.37. The van der Waals surface area contributed by atoms with E-state index in [0.717, 1.165) is 11.1 Å². The molecule has 0 saturated carbocycles. The largest absolute Gasteiger partial charge is 0.507 e. The first-order valence-corrected chi connectivity index (χ1v) is 7.87. The van der Waals surface area contributed by atoms with Gasteiger partial charge in [-0.15, -0.1) is 10.2 Å². The van der Waals surface area contributed by atoms with E-state index in [2.05, 4.69) is 10.2 Å². The second kappa shape index (κ2) is 6.23. The van der Waals surface area contributed by atoms with Crippen molar-refractivity contribution in [2.75, 3.05) is 0 Å². The van der Waals surface area contributed by atoms with Gasteiger partial charge in [-0.05, 0) is 35.1 Å². The third kappa shape index (κ3) is 3.91. The summed E-state index contributed by atoms with van der Waals surface area (Å²) in [5, 5.41) is 18.4. The lowest BCUT2D eigenvalue weighted by molar-refractivity contribution is 0.0968. The topological polar surface area (TPSA) is 75.2 Å². The van der Waals surface area contributed by atoms with E-state index in [0.29, 0.717) is 5.69 Å². The average Bonchev–Trinajstić information content (AvgIpc) is 2.97. The Kier molecular flexibility index (Phi) is 4.65. The summed E-state index contributed by atoms with van der Waals surface area (Å²) in [5.74, 6) is -0.126. The summed E-state index contributed by atoms with van der Waals surface area (Å²) in [4.78, 5) is 11.9. The summed E-state index contributed by atoms with van der Waals surface area (Å²) in [7, 11) is 0. The number of benzene rings is 1. The molecule has 0 aliphatic carbocycles. The Morgan fingerprint density at radius 1 is 1.04 bits per heavy atom. The van der Waals surface area contributed by atoms with Crippen LogP contribution in [0.15, 0.2) is 45.2 Å². The Morgan fingerprint density at radius 2 is 1.58 bits per heavy atom. The molecule has 1 heterocycles. The fourth-order valence-electron chi connectivity index (χ4n) is 2.37. The average molecular weight is 328 g/mol. The van der Waals surface area contributed by atoms with Crippen LogP contribution in [-0.2, 0) is 10.8 Å². The number of carbonyl (C=O) groups is 1. The van der Waals surface area contributed by atoms with Gasteiger partial charge in [-0.1, -0.05) is 41.5 Å². The van der Waals surface area contributed by atoms with Crippen LogP contribution < -0.4 is 0 Å². The lowest BCUT2D eigenvalue weighted by Crippen LogP contribution is -2.16. The van der Waals surface area contributed by atoms with Crippen LogP contribution in [0.4, 0.5) is 5.69 Å². The highest BCUT2D eigenvalue weighted by Crippen LogP contribution is 2.41. The molecule has 0 bridgehead atoms. The molecule has 128 valence electrons. The Balaban J connectivity index is 2.49. The molecular weight excluding hydrogens is 304 g/mol. The summed E-state index contributed by atoms with van der Waals surface area (Å²) in [6, 6.07) is 6.70. The molecular formula is C19H24N2O3. The Morgan fingerprint density at radius 3 is 2.00 bits per heavy atom. The highest BCUT2D eigenvalue weighted by atomic mass is 16.3. The van der Waals surface area contributed by atoms with Crippen molar-refractivity contribution in [1.29, 1.82) is 0 Å². The third-order valence-electron chi connectivity index (χ3n) is 3.70. The van der Waals surface area contributed by atoms with E-state index in [4.69, 9.17) is 4.42 Å². The van der Waals surface area contributed by atoms with Crippen molar-refractivity contribution in [2.24, 2.45) is 10.2 Å². The molecule has 1 aromatic carbocycles. The van der Waals surface area contributed by atoms with Crippen molar-refractivity contribution in [2.45, 2.75) is 52.4 Å². The van der Waals surface area contributed by atoms with Crippen molar-refractivity contribution >= 4 is 11.6 Å². The first-order chi connectivity index (χ1) is 11.0. The molecule has 0 saturated heterocycles. The van der Waals surface area contributed by atoms with Gasteiger partial charge in [-0.3, -0.25) is 4.79 Å². The van der Waals surface area contributed by atoms with Crippen molar-refractivity contribution in [1.82, 2.24) is 0 Å². The molecule has 0 unspecified atom stereocenters. The molecule has 0 aliphatic rings. The molecule has 0 fully saturated rings. The molecule has 24 heavy (non-hydrogen) atoms. The Labute approximate surface area is 142 Å². The van der Waals surface area contributed by atoms with Crippen LogP contribution in [-0.4, -0.2) is 11.0 Å². The standard InChI is InChI=1S/C19H24N2O3/c1-18(2,3)13-10-12(11-14(16(13)22)19(4,5)6)20-21-17(23)15-8-7-9-24-15/h7-11,22H,1-6H3. The highest BCUT2D eigenvalue weighted by Gasteiger charge is 2.26. The normalized spacial score (nSPS) is 12.8. The van der Waals surface area contributed by atoms with Crippen LogP contribution in [0, 0.1) is 0 Å². The number of amides is 1. The second-order valence-electron chi connectivity index (χ2n) is 7.87. The van der Waals surface area contributed by atoms with E-state index in [1.807, 2.05) is 41.5 Å². The van der Waals surface area contributed by atoms with Crippen LogP contribution >= 0.6 is 0 Å². The van der Waals surface area contributed by atoms with E-state index in [1.54, 1.807) is 24.3 Å². The lowest BCUT2D eigenvalue weighted by atomic mass is 9.79. The van der Waals surface area contributed by atoms with Crippen LogP contribution in [0.25, 0.3) is 0 Å². The molecule has 1 N–H and O–H groups in total. The molecule has 5 heteroatoms. The van der Waals surface area contributed by atoms with Gasteiger partial charge in [0.25, 0.3) is 0 Å². The van der Waals surface area contributed by atoms with Gasteiger partial charge in [0.2, 0.25) is 0 Å². The Hall–Kier alpha value is -2.43. The number of rotatable bonds is 2. The lowest BCUT2D eigenvalue weighted by Gasteiger charge is -2.27. The zero-order valence-corrected chi connectivity index (χ0v) is 15.0. The van der Waals surface area contributed by atoms with Gasteiger partial charge < -0.3 is 9.52 Å². The zero-order chi connectivity index (χ0) is 18.1. The Bertz CT molecular complexity index is 726. The number of furan rings is 1. The van der Waals surface area contributed by atoms with E-state index in [1.165, 1.54) is 6.26 Å². The third-order valence-corrected chi connectivity index (χ3v) is 3.70. The first-order valence-electron chi connectivity index (χ1n) is 7.87. The maximum absolute atomic E-state index is 11.9. The molecule has 0 spiro atoms. The number of phenolic OH excluding ortho intramolecular Hbond substituents is 1. The molecule has 2 aromatic rings. The maximum Gasteiger partial charge on any atom is 0.331 e. The number of phenols is 1. The van der Waals surface area contributed by atoms with Crippen molar-refractivity contribution in [3.05, 3.63) is 47.4 Å². The molecule has 0 atom stereocenters. The summed E-state index contributed by atoms with van der Waals surface area (Å²) >= 11 is 0. The minimum Gasteiger partial charge on any atom is -0.507 e. The van der Waals surface area contributed by atoms with Crippen LogP contribution in [0.1, 0.15) is 63.2 Å². The number of azo groups is 1. The molecule has 1 amide bonds. The van der Waals surface area contributed by atoms with Crippen LogP contribution in [0.2, 0.25) is 0 Å². The maximum atomic E-state index is 11.9. The van der Waals surface area contributed by atoms with Gasteiger partial charge in [0.05, 0.1) is 12.0 Å². The number of hydrogen-bond acceptors (Lipinski definition) is 4. The number of carbonyl (C=O) groups excluding carboxylic acids is 1. The van der Waals surface area contributed by atoms with E-state index in [-0.39, 0.29) is 22.3 Å². The van der Waals surface area contributed by atoms with Crippen LogP contribution in [0.3, 0.4) is 0 Å². The quantitative estimate of drug-likeness (QED) is 0.739. The van der Waals surface area contributed by atoms with E-state index in [9.17, 15) is 9.90 Å². The molecule has 5 nitrogen and oxygen atoms in total. The van der Waals surface area contributed by atoms with Gasteiger partial charge >= 0.3 is 5.91 Å². The minimum atomic E-state index is -0.539. The molecule has 1 aromatic heterocycles.